The summed E-state index contributed by atoms with van der Waals surface area (Å²) in [7, 11) is -1.17. The van der Waals surface area contributed by atoms with Crippen LogP contribution in [0.25, 0.3) is 0 Å². The summed E-state index contributed by atoms with van der Waals surface area (Å²) in [6.07, 6.45) is 7.11. The Hall–Kier alpha value is -0.130. The second-order valence-corrected chi connectivity index (χ2v) is 8.40. The maximum Gasteiger partial charge on any atom is 0.214 e. The molecule has 4 nitrogen and oxygen atoms in total. The average molecular weight is 305 g/mol. The molecule has 0 radical (unpaired) electrons. The molecule has 1 N–H and O–H groups in total. The van der Waals surface area contributed by atoms with Gasteiger partial charge in [-0.15, -0.1) is 0 Å². The summed E-state index contributed by atoms with van der Waals surface area (Å²) in [5.74, 6) is 0.863. The van der Waals surface area contributed by atoms with Gasteiger partial charge in [-0.05, 0) is 51.6 Å². The van der Waals surface area contributed by atoms with E-state index in [1.807, 2.05) is 11.4 Å². The summed E-state index contributed by atoms with van der Waals surface area (Å²) in [5.41, 5.74) is 0. The highest BCUT2D eigenvalue weighted by molar-refractivity contribution is 7.89. The van der Waals surface area contributed by atoms with Crippen LogP contribution in [0.4, 0.5) is 0 Å². The van der Waals surface area contributed by atoms with Gasteiger partial charge in [0.15, 0.2) is 0 Å². The van der Waals surface area contributed by atoms with Crippen molar-refractivity contribution in [2.75, 3.05) is 25.9 Å². The van der Waals surface area contributed by atoms with Gasteiger partial charge >= 0.3 is 0 Å². The molecular formula is C15H32N2O2S. The van der Waals surface area contributed by atoms with Crippen molar-refractivity contribution in [2.24, 2.45) is 5.92 Å². The highest BCUT2D eigenvalue weighted by Gasteiger charge is 2.31. The first-order chi connectivity index (χ1) is 9.47. The molecule has 1 rings (SSSR count). The number of nitrogens with zero attached hydrogens (tertiary/aromatic N) is 1. The Morgan fingerprint density at radius 2 is 1.85 bits per heavy atom. The SMILES string of the molecule is CNCCCCS(=O)(=O)N(CCC(C)C)C1CCCC1. The lowest BCUT2D eigenvalue weighted by Gasteiger charge is -2.28. The number of rotatable bonds is 10. The third-order valence-electron chi connectivity index (χ3n) is 4.10. The Balaban J connectivity index is 2.59. The molecule has 0 amide bonds. The monoisotopic (exact) mass is 304 g/mol. The average Bonchev–Trinajstić information content (AvgIpc) is 2.88. The van der Waals surface area contributed by atoms with Gasteiger partial charge in [-0.1, -0.05) is 26.7 Å². The lowest BCUT2D eigenvalue weighted by molar-refractivity contribution is 0.304. The Morgan fingerprint density at radius 3 is 2.40 bits per heavy atom. The number of hydrogen-bond donors (Lipinski definition) is 1. The number of unbranched alkanes of at least 4 members (excludes halogenated alkanes) is 1. The number of sulfonamides is 1. The molecule has 0 aromatic rings. The molecule has 0 heterocycles. The van der Waals surface area contributed by atoms with Crippen molar-refractivity contribution in [1.82, 2.24) is 9.62 Å². The highest BCUT2D eigenvalue weighted by atomic mass is 32.2. The molecule has 20 heavy (non-hydrogen) atoms. The molecule has 0 atom stereocenters. The summed E-state index contributed by atoms with van der Waals surface area (Å²) in [6, 6.07) is 0.267. The lowest BCUT2D eigenvalue weighted by Crippen LogP contribution is -2.41. The van der Waals surface area contributed by atoms with E-state index in [0.29, 0.717) is 18.2 Å². The fraction of sp³-hybridized carbons (Fsp3) is 1.00. The van der Waals surface area contributed by atoms with E-state index in [0.717, 1.165) is 38.6 Å². The molecule has 0 aromatic heterocycles. The van der Waals surface area contributed by atoms with E-state index in [1.54, 1.807) is 0 Å². The van der Waals surface area contributed by atoms with Gasteiger partial charge in [0, 0.05) is 12.6 Å². The molecule has 0 aromatic carbocycles. The van der Waals surface area contributed by atoms with Crippen LogP contribution in [0, 0.1) is 5.92 Å². The van der Waals surface area contributed by atoms with E-state index in [4.69, 9.17) is 0 Å². The van der Waals surface area contributed by atoms with Gasteiger partial charge in [-0.2, -0.15) is 4.31 Å². The minimum Gasteiger partial charge on any atom is -0.320 e. The number of nitrogens with one attached hydrogen (secondary N) is 1. The molecular weight excluding hydrogens is 272 g/mol. The van der Waals surface area contributed by atoms with Crippen LogP contribution in [-0.4, -0.2) is 44.7 Å². The van der Waals surface area contributed by atoms with Crippen molar-refractivity contribution < 1.29 is 8.42 Å². The zero-order chi connectivity index (χ0) is 15.0. The fourth-order valence-electron chi connectivity index (χ4n) is 2.83. The molecule has 0 aliphatic heterocycles. The van der Waals surface area contributed by atoms with Crippen molar-refractivity contribution in [1.29, 1.82) is 0 Å². The van der Waals surface area contributed by atoms with Gasteiger partial charge in [0.05, 0.1) is 5.75 Å². The van der Waals surface area contributed by atoms with Crippen LogP contribution in [0.1, 0.15) is 58.8 Å². The van der Waals surface area contributed by atoms with Crippen LogP contribution in [0.2, 0.25) is 0 Å². The standard InChI is InChI=1S/C15H32N2O2S/c1-14(2)10-12-17(15-8-4-5-9-15)20(18,19)13-7-6-11-16-3/h14-16H,4-13H2,1-3H3. The van der Waals surface area contributed by atoms with Gasteiger partial charge in [0.1, 0.15) is 0 Å². The van der Waals surface area contributed by atoms with Crippen LogP contribution in [0.15, 0.2) is 0 Å². The van der Waals surface area contributed by atoms with E-state index < -0.39 is 10.0 Å². The molecule has 1 saturated carbocycles. The van der Waals surface area contributed by atoms with Crippen LogP contribution >= 0.6 is 0 Å². The molecule has 5 heteroatoms. The predicted molar refractivity (Wildman–Crippen MR) is 85.4 cm³/mol. The first kappa shape index (κ1) is 17.9. The van der Waals surface area contributed by atoms with Gasteiger partial charge in [-0.25, -0.2) is 8.42 Å². The van der Waals surface area contributed by atoms with E-state index in [1.165, 1.54) is 12.8 Å². The molecule has 1 aliphatic rings. The minimum atomic E-state index is -3.08. The minimum absolute atomic E-state index is 0.267. The first-order valence-electron chi connectivity index (χ1n) is 8.11. The summed E-state index contributed by atoms with van der Waals surface area (Å²) >= 11 is 0. The van der Waals surface area contributed by atoms with Crippen molar-refractivity contribution in [2.45, 2.75) is 64.8 Å². The topological polar surface area (TPSA) is 49.4 Å². The Bertz CT molecular complexity index is 349. The van der Waals surface area contributed by atoms with E-state index in [9.17, 15) is 8.42 Å². The molecule has 0 saturated heterocycles. The zero-order valence-electron chi connectivity index (χ0n) is 13.4. The summed E-state index contributed by atoms with van der Waals surface area (Å²) in [4.78, 5) is 0. The predicted octanol–water partition coefficient (Wildman–Crippen LogP) is 2.61. The van der Waals surface area contributed by atoms with E-state index in [2.05, 4.69) is 19.2 Å². The quantitative estimate of drug-likeness (QED) is 0.631. The Morgan fingerprint density at radius 1 is 1.20 bits per heavy atom. The van der Waals surface area contributed by atoms with Crippen LogP contribution in [0.5, 0.6) is 0 Å². The van der Waals surface area contributed by atoms with Crippen LogP contribution < -0.4 is 5.32 Å². The van der Waals surface area contributed by atoms with Gasteiger partial charge in [0.2, 0.25) is 10.0 Å². The Labute approximate surface area is 125 Å². The molecule has 120 valence electrons. The lowest BCUT2D eigenvalue weighted by atomic mass is 10.1. The number of hydrogen-bond acceptors (Lipinski definition) is 3. The van der Waals surface area contributed by atoms with Gasteiger partial charge in [-0.3, -0.25) is 0 Å². The van der Waals surface area contributed by atoms with Gasteiger partial charge < -0.3 is 5.32 Å². The molecule has 1 fully saturated rings. The Kier molecular flexibility index (Phi) is 8.07. The summed E-state index contributed by atoms with van der Waals surface area (Å²) < 4.78 is 27.0. The maximum atomic E-state index is 12.6. The smallest absolute Gasteiger partial charge is 0.214 e. The third kappa shape index (κ3) is 6.10. The summed E-state index contributed by atoms with van der Waals surface area (Å²) in [6.45, 7) is 5.92. The van der Waals surface area contributed by atoms with Crippen molar-refractivity contribution in [3.63, 3.8) is 0 Å². The normalized spacial score (nSPS) is 17.4. The van der Waals surface area contributed by atoms with E-state index >= 15 is 0 Å². The van der Waals surface area contributed by atoms with Crippen LogP contribution in [0.3, 0.4) is 0 Å². The van der Waals surface area contributed by atoms with Crippen molar-refractivity contribution >= 4 is 10.0 Å². The van der Waals surface area contributed by atoms with E-state index in [-0.39, 0.29) is 6.04 Å². The summed E-state index contributed by atoms with van der Waals surface area (Å²) in [5, 5.41) is 3.07. The maximum absolute atomic E-state index is 12.6. The van der Waals surface area contributed by atoms with Crippen LogP contribution in [-0.2, 0) is 10.0 Å². The molecule has 0 spiro atoms. The van der Waals surface area contributed by atoms with Gasteiger partial charge in [0.25, 0.3) is 0 Å². The van der Waals surface area contributed by atoms with Crippen molar-refractivity contribution in [3.8, 4) is 0 Å². The zero-order valence-corrected chi connectivity index (χ0v) is 14.2. The highest BCUT2D eigenvalue weighted by Crippen LogP contribution is 2.27. The third-order valence-corrected chi connectivity index (χ3v) is 6.10. The molecule has 0 bridgehead atoms. The fourth-order valence-corrected chi connectivity index (χ4v) is 4.68. The molecule has 1 aliphatic carbocycles. The second-order valence-electron chi connectivity index (χ2n) is 6.36. The molecule has 0 unspecified atom stereocenters. The largest absolute Gasteiger partial charge is 0.320 e. The second kappa shape index (κ2) is 9.00. The first-order valence-corrected chi connectivity index (χ1v) is 9.72. The van der Waals surface area contributed by atoms with Crippen molar-refractivity contribution in [3.05, 3.63) is 0 Å².